The van der Waals surface area contributed by atoms with Crippen molar-refractivity contribution in [2.24, 2.45) is 5.92 Å². The molecule has 0 aromatic heterocycles. The van der Waals surface area contributed by atoms with Gasteiger partial charge in [0.25, 0.3) is 0 Å². The van der Waals surface area contributed by atoms with Crippen LogP contribution in [0.4, 0.5) is 4.39 Å². The van der Waals surface area contributed by atoms with Gasteiger partial charge in [-0.2, -0.15) is 0 Å². The van der Waals surface area contributed by atoms with Crippen molar-refractivity contribution in [3.05, 3.63) is 34.6 Å². The highest BCUT2D eigenvalue weighted by atomic mass is 35.5. The van der Waals surface area contributed by atoms with Gasteiger partial charge in [-0.15, -0.1) is 0 Å². The molecule has 0 amide bonds. The number of hydrogen-bond donors (Lipinski definition) is 1. The Bertz CT molecular complexity index is 391. The predicted octanol–water partition coefficient (Wildman–Crippen LogP) is 3.07. The Hall–Kier alpha value is -0.640. The van der Waals surface area contributed by atoms with E-state index in [1.807, 2.05) is 6.92 Å². The summed E-state index contributed by atoms with van der Waals surface area (Å²) in [7, 11) is 0. The van der Waals surface area contributed by atoms with Gasteiger partial charge in [0.1, 0.15) is 5.82 Å². The van der Waals surface area contributed by atoms with Crippen LogP contribution >= 0.6 is 11.6 Å². The molecule has 2 unspecified atom stereocenters. The standard InChI is InChI=1S/C14H19ClFNO/c1-10(18)11-4-3-7-17(8-11)9-12-13(15)5-2-6-14(12)16/h2,5-6,10-11,18H,3-4,7-9H2,1H3. The molecule has 1 saturated heterocycles. The van der Waals surface area contributed by atoms with Gasteiger partial charge in [-0.3, -0.25) is 4.90 Å². The van der Waals surface area contributed by atoms with Crippen LogP contribution in [0.1, 0.15) is 25.3 Å². The van der Waals surface area contributed by atoms with Crippen molar-refractivity contribution in [2.75, 3.05) is 13.1 Å². The summed E-state index contributed by atoms with van der Waals surface area (Å²) >= 11 is 6.03. The van der Waals surface area contributed by atoms with Crippen molar-refractivity contribution in [1.29, 1.82) is 0 Å². The summed E-state index contributed by atoms with van der Waals surface area (Å²) in [4.78, 5) is 2.17. The number of halogens is 2. The fourth-order valence-corrected chi connectivity index (χ4v) is 2.76. The van der Waals surface area contributed by atoms with Gasteiger partial charge in [0.05, 0.1) is 6.10 Å². The molecular weight excluding hydrogens is 253 g/mol. The van der Waals surface area contributed by atoms with Crippen LogP contribution in [-0.2, 0) is 6.54 Å². The van der Waals surface area contributed by atoms with Crippen molar-refractivity contribution in [3.63, 3.8) is 0 Å². The van der Waals surface area contributed by atoms with Crippen LogP contribution in [0.15, 0.2) is 18.2 Å². The molecule has 0 aliphatic carbocycles. The Balaban J connectivity index is 2.05. The number of nitrogens with zero attached hydrogens (tertiary/aromatic N) is 1. The molecule has 0 saturated carbocycles. The van der Waals surface area contributed by atoms with Crippen LogP contribution in [0.3, 0.4) is 0 Å². The molecule has 4 heteroatoms. The molecule has 1 aromatic rings. The normalized spacial score (nSPS) is 23.0. The predicted molar refractivity (Wildman–Crippen MR) is 71.1 cm³/mol. The van der Waals surface area contributed by atoms with Crippen LogP contribution in [0, 0.1) is 11.7 Å². The number of piperidine rings is 1. The highest BCUT2D eigenvalue weighted by Crippen LogP contribution is 2.25. The first-order chi connectivity index (χ1) is 8.58. The lowest BCUT2D eigenvalue weighted by molar-refractivity contribution is 0.0595. The Morgan fingerprint density at radius 1 is 1.56 bits per heavy atom. The van der Waals surface area contributed by atoms with Gasteiger partial charge < -0.3 is 5.11 Å². The number of rotatable bonds is 3. The first kappa shape index (κ1) is 13.8. The van der Waals surface area contributed by atoms with Crippen LogP contribution < -0.4 is 0 Å². The van der Waals surface area contributed by atoms with Crippen molar-refractivity contribution < 1.29 is 9.50 Å². The van der Waals surface area contributed by atoms with Crippen LogP contribution in [-0.4, -0.2) is 29.2 Å². The van der Waals surface area contributed by atoms with Gasteiger partial charge in [-0.1, -0.05) is 17.7 Å². The average Bonchev–Trinajstić information content (AvgIpc) is 2.34. The van der Waals surface area contributed by atoms with Gasteiger partial charge in [0.15, 0.2) is 0 Å². The van der Waals surface area contributed by atoms with Crippen molar-refractivity contribution >= 4 is 11.6 Å². The summed E-state index contributed by atoms with van der Waals surface area (Å²) in [6.45, 7) is 4.09. The molecule has 1 fully saturated rings. The minimum atomic E-state index is -0.302. The van der Waals surface area contributed by atoms with E-state index < -0.39 is 0 Å². The molecule has 1 N–H and O–H groups in total. The maximum Gasteiger partial charge on any atom is 0.129 e. The van der Waals surface area contributed by atoms with Gasteiger partial charge >= 0.3 is 0 Å². The lowest BCUT2D eigenvalue weighted by Gasteiger charge is -2.34. The summed E-state index contributed by atoms with van der Waals surface area (Å²) in [6, 6.07) is 4.78. The van der Waals surface area contributed by atoms with Crippen LogP contribution in [0.2, 0.25) is 5.02 Å². The van der Waals surface area contributed by atoms with E-state index in [0.717, 1.165) is 25.9 Å². The Kier molecular flexibility index (Phi) is 4.60. The lowest BCUT2D eigenvalue weighted by atomic mass is 9.93. The minimum absolute atomic E-state index is 0.248. The monoisotopic (exact) mass is 271 g/mol. The maximum atomic E-state index is 13.7. The largest absolute Gasteiger partial charge is 0.393 e. The number of aliphatic hydroxyl groups is 1. The third-order valence-corrected chi connectivity index (χ3v) is 4.02. The van der Waals surface area contributed by atoms with Gasteiger partial charge in [-0.25, -0.2) is 4.39 Å². The summed E-state index contributed by atoms with van der Waals surface area (Å²) in [5, 5.41) is 10.1. The Labute approximate surface area is 112 Å². The second-order valence-electron chi connectivity index (χ2n) is 5.08. The van der Waals surface area contributed by atoms with E-state index >= 15 is 0 Å². The van der Waals surface area contributed by atoms with E-state index in [0.29, 0.717) is 17.1 Å². The summed E-state index contributed by atoms with van der Waals surface area (Å²) in [6.07, 6.45) is 1.78. The average molecular weight is 272 g/mol. The summed E-state index contributed by atoms with van der Waals surface area (Å²) in [5.74, 6) is 0.0333. The van der Waals surface area contributed by atoms with Crippen molar-refractivity contribution in [3.8, 4) is 0 Å². The number of hydrogen-bond acceptors (Lipinski definition) is 2. The van der Waals surface area contributed by atoms with Crippen LogP contribution in [0.5, 0.6) is 0 Å². The quantitative estimate of drug-likeness (QED) is 0.913. The molecule has 1 aliphatic rings. The third kappa shape index (κ3) is 3.22. The molecular formula is C14H19ClFNO. The first-order valence-corrected chi connectivity index (χ1v) is 6.79. The molecule has 2 atom stereocenters. The number of aliphatic hydroxyl groups excluding tert-OH is 1. The Morgan fingerprint density at radius 2 is 2.33 bits per heavy atom. The van der Waals surface area contributed by atoms with E-state index in [1.165, 1.54) is 6.07 Å². The molecule has 18 heavy (non-hydrogen) atoms. The summed E-state index contributed by atoms with van der Waals surface area (Å²) in [5.41, 5.74) is 0.561. The van der Waals surface area contributed by atoms with Crippen LogP contribution in [0.25, 0.3) is 0 Å². The molecule has 0 spiro atoms. The van der Waals surface area contributed by atoms with Crippen molar-refractivity contribution in [2.45, 2.75) is 32.4 Å². The van der Waals surface area contributed by atoms with Gasteiger partial charge in [-0.05, 0) is 44.4 Å². The smallest absolute Gasteiger partial charge is 0.129 e. The maximum absolute atomic E-state index is 13.7. The highest BCUT2D eigenvalue weighted by Gasteiger charge is 2.24. The minimum Gasteiger partial charge on any atom is -0.393 e. The molecule has 1 aromatic carbocycles. The topological polar surface area (TPSA) is 23.5 Å². The molecule has 2 rings (SSSR count). The Morgan fingerprint density at radius 3 is 3.00 bits per heavy atom. The SMILES string of the molecule is CC(O)C1CCCN(Cc2c(F)cccc2Cl)C1. The molecule has 2 nitrogen and oxygen atoms in total. The zero-order valence-corrected chi connectivity index (χ0v) is 11.3. The molecule has 100 valence electrons. The van der Waals surface area contributed by atoms with Gasteiger partial charge in [0.2, 0.25) is 0 Å². The van der Waals surface area contributed by atoms with E-state index in [-0.39, 0.29) is 17.8 Å². The molecule has 1 heterocycles. The van der Waals surface area contributed by atoms with E-state index in [2.05, 4.69) is 4.90 Å². The molecule has 0 radical (unpaired) electrons. The van der Waals surface area contributed by atoms with Crippen molar-refractivity contribution in [1.82, 2.24) is 4.90 Å². The number of benzene rings is 1. The zero-order chi connectivity index (χ0) is 13.1. The highest BCUT2D eigenvalue weighted by molar-refractivity contribution is 6.31. The van der Waals surface area contributed by atoms with E-state index in [4.69, 9.17) is 11.6 Å². The second kappa shape index (κ2) is 6.00. The summed E-state index contributed by atoms with van der Waals surface area (Å²) < 4.78 is 13.7. The van der Waals surface area contributed by atoms with E-state index in [1.54, 1.807) is 12.1 Å². The fourth-order valence-electron chi connectivity index (χ4n) is 2.54. The molecule has 1 aliphatic heterocycles. The first-order valence-electron chi connectivity index (χ1n) is 6.41. The fraction of sp³-hybridized carbons (Fsp3) is 0.571. The number of likely N-dealkylation sites (tertiary alicyclic amines) is 1. The van der Waals surface area contributed by atoms with E-state index in [9.17, 15) is 9.50 Å². The third-order valence-electron chi connectivity index (χ3n) is 3.67. The van der Waals surface area contributed by atoms with Gasteiger partial charge in [0, 0.05) is 23.7 Å². The molecule has 0 bridgehead atoms. The zero-order valence-electron chi connectivity index (χ0n) is 10.6. The second-order valence-corrected chi connectivity index (χ2v) is 5.49. The lowest BCUT2D eigenvalue weighted by Crippen LogP contribution is -2.39.